The third-order valence-corrected chi connectivity index (χ3v) is 7.46. The van der Waals surface area contributed by atoms with Crippen LogP contribution in [-0.2, 0) is 19.4 Å². The normalized spacial score (nSPS) is 16.5. The average Bonchev–Trinajstić information content (AvgIpc) is 3.07. The quantitative estimate of drug-likeness (QED) is 0.635. The summed E-state index contributed by atoms with van der Waals surface area (Å²) in [5.74, 6) is 1.59. The number of nitrogens with one attached hydrogen (secondary N) is 1. The van der Waals surface area contributed by atoms with Crippen LogP contribution in [0.3, 0.4) is 0 Å². The summed E-state index contributed by atoms with van der Waals surface area (Å²) >= 11 is 1.68. The first-order chi connectivity index (χ1) is 14.7. The maximum absolute atomic E-state index is 13.5. The van der Waals surface area contributed by atoms with Crippen molar-refractivity contribution < 1.29 is 4.74 Å². The molecule has 1 aliphatic carbocycles. The number of H-pyrrole nitrogens is 1. The highest BCUT2D eigenvalue weighted by Crippen LogP contribution is 2.42. The van der Waals surface area contributed by atoms with Gasteiger partial charge in [0, 0.05) is 22.8 Å². The van der Waals surface area contributed by atoms with Crippen molar-refractivity contribution in [1.82, 2.24) is 14.5 Å². The van der Waals surface area contributed by atoms with Crippen molar-refractivity contribution in [3.05, 3.63) is 54.8 Å². The molecule has 166 valence electrons. The molecule has 0 aromatic carbocycles. The van der Waals surface area contributed by atoms with E-state index in [0.29, 0.717) is 29.8 Å². The number of aryl methyl sites for hydroxylation is 2. The van der Waals surface area contributed by atoms with Crippen LogP contribution in [0.15, 0.2) is 21.9 Å². The number of hydrogen-bond donors (Lipinski definition) is 1. The number of hydrogen-bond acceptors (Lipinski definition) is 5. The SMILES string of the molecule is CCCOc1c[nH]c(Cn2c(C)nc3sc4c(c3c2=O)CCC(C(C)(C)C)C4)cc1=O. The first kappa shape index (κ1) is 21.8. The lowest BCUT2D eigenvalue weighted by Gasteiger charge is -2.33. The fourth-order valence-electron chi connectivity index (χ4n) is 4.37. The van der Waals surface area contributed by atoms with Gasteiger partial charge in [0.25, 0.3) is 5.56 Å². The summed E-state index contributed by atoms with van der Waals surface area (Å²) in [4.78, 5) is 35.8. The van der Waals surface area contributed by atoms with Crippen LogP contribution in [0.5, 0.6) is 5.75 Å². The monoisotopic (exact) mass is 441 g/mol. The standard InChI is InChI=1S/C24H31N3O3S/c1-6-9-30-19-12-25-16(11-18(19)28)13-27-14(2)26-22-21(23(27)29)17-8-7-15(24(3,4)5)10-20(17)31-22/h11-12,15H,6-10,13H2,1-5H3,(H,25,28). The molecule has 3 heterocycles. The zero-order chi connectivity index (χ0) is 22.3. The average molecular weight is 442 g/mol. The van der Waals surface area contributed by atoms with Gasteiger partial charge >= 0.3 is 0 Å². The fourth-order valence-corrected chi connectivity index (χ4v) is 5.71. The number of pyridine rings is 1. The second kappa shape index (κ2) is 8.26. The van der Waals surface area contributed by atoms with E-state index in [9.17, 15) is 9.59 Å². The maximum atomic E-state index is 13.5. The lowest BCUT2D eigenvalue weighted by atomic mass is 9.72. The van der Waals surface area contributed by atoms with Gasteiger partial charge in [-0.25, -0.2) is 4.98 Å². The van der Waals surface area contributed by atoms with Crippen LogP contribution in [0.25, 0.3) is 10.2 Å². The maximum Gasteiger partial charge on any atom is 0.262 e. The number of aromatic nitrogens is 3. The Hall–Kier alpha value is -2.41. The van der Waals surface area contributed by atoms with Gasteiger partial charge in [-0.05, 0) is 49.5 Å². The van der Waals surface area contributed by atoms with Crippen LogP contribution in [-0.4, -0.2) is 21.1 Å². The summed E-state index contributed by atoms with van der Waals surface area (Å²) in [6.07, 6.45) is 5.46. The van der Waals surface area contributed by atoms with Crippen LogP contribution in [0.2, 0.25) is 0 Å². The number of aromatic amines is 1. The highest BCUT2D eigenvalue weighted by Gasteiger charge is 2.32. The number of ether oxygens (including phenoxy) is 1. The van der Waals surface area contributed by atoms with Crippen LogP contribution < -0.4 is 15.7 Å². The minimum atomic E-state index is -0.178. The minimum Gasteiger partial charge on any atom is -0.488 e. The van der Waals surface area contributed by atoms with Crippen LogP contribution in [0, 0.1) is 18.3 Å². The predicted molar refractivity (Wildman–Crippen MR) is 126 cm³/mol. The van der Waals surface area contributed by atoms with Crippen molar-refractivity contribution in [2.24, 2.45) is 11.3 Å². The molecule has 0 radical (unpaired) electrons. The van der Waals surface area contributed by atoms with Gasteiger partial charge < -0.3 is 9.72 Å². The number of fused-ring (bicyclic) bond motifs is 3. The first-order valence-electron chi connectivity index (χ1n) is 11.0. The van der Waals surface area contributed by atoms with Crippen molar-refractivity contribution in [2.75, 3.05) is 6.61 Å². The Bertz CT molecular complexity index is 1230. The van der Waals surface area contributed by atoms with Crippen LogP contribution >= 0.6 is 11.3 Å². The molecule has 0 aliphatic heterocycles. The van der Waals surface area contributed by atoms with Gasteiger partial charge in [0.1, 0.15) is 10.7 Å². The Morgan fingerprint density at radius 3 is 2.77 bits per heavy atom. The Labute approximate surface area is 186 Å². The topological polar surface area (TPSA) is 77.0 Å². The lowest BCUT2D eigenvalue weighted by molar-refractivity contribution is 0.218. The lowest BCUT2D eigenvalue weighted by Crippen LogP contribution is -2.28. The molecule has 4 rings (SSSR count). The van der Waals surface area contributed by atoms with Crippen molar-refractivity contribution in [2.45, 2.75) is 66.8 Å². The molecule has 0 fully saturated rings. The Balaban J connectivity index is 1.70. The summed E-state index contributed by atoms with van der Waals surface area (Å²) in [5, 5.41) is 0.767. The van der Waals surface area contributed by atoms with E-state index in [0.717, 1.165) is 35.9 Å². The van der Waals surface area contributed by atoms with Gasteiger partial charge in [-0.1, -0.05) is 27.7 Å². The second-order valence-corrected chi connectivity index (χ2v) is 10.7. The van der Waals surface area contributed by atoms with E-state index < -0.39 is 0 Å². The van der Waals surface area contributed by atoms with Gasteiger partial charge in [0.05, 0.1) is 18.5 Å². The number of thiophene rings is 1. The highest BCUT2D eigenvalue weighted by atomic mass is 32.1. The summed E-state index contributed by atoms with van der Waals surface area (Å²) < 4.78 is 7.13. The Morgan fingerprint density at radius 2 is 2.10 bits per heavy atom. The highest BCUT2D eigenvalue weighted by molar-refractivity contribution is 7.18. The molecule has 1 unspecified atom stereocenters. The van der Waals surface area contributed by atoms with Crippen LogP contribution in [0.4, 0.5) is 0 Å². The Morgan fingerprint density at radius 1 is 1.32 bits per heavy atom. The predicted octanol–water partition coefficient (Wildman–Crippen LogP) is 4.44. The molecule has 1 aliphatic rings. The van der Waals surface area contributed by atoms with E-state index in [1.54, 1.807) is 22.1 Å². The molecule has 0 saturated carbocycles. The van der Waals surface area contributed by atoms with Gasteiger partial charge in [0.15, 0.2) is 5.75 Å². The molecule has 3 aromatic rings. The van der Waals surface area contributed by atoms with Crippen LogP contribution in [0.1, 0.15) is 62.5 Å². The van der Waals surface area contributed by atoms with Gasteiger partial charge in [-0.3, -0.25) is 14.2 Å². The molecule has 31 heavy (non-hydrogen) atoms. The Kier molecular flexibility index (Phi) is 5.81. The number of rotatable bonds is 5. The minimum absolute atomic E-state index is 0.0126. The van der Waals surface area contributed by atoms with Crippen molar-refractivity contribution in [3.8, 4) is 5.75 Å². The van der Waals surface area contributed by atoms with E-state index >= 15 is 0 Å². The molecule has 0 bridgehead atoms. The summed E-state index contributed by atoms with van der Waals surface area (Å²) in [6.45, 7) is 11.5. The van der Waals surface area contributed by atoms with Crippen molar-refractivity contribution in [1.29, 1.82) is 0 Å². The third kappa shape index (κ3) is 4.20. The molecular formula is C24H31N3O3S. The third-order valence-electron chi connectivity index (χ3n) is 6.31. The molecule has 3 aromatic heterocycles. The molecule has 0 amide bonds. The zero-order valence-electron chi connectivity index (χ0n) is 19.0. The number of nitrogens with zero attached hydrogens (tertiary/aromatic N) is 2. The molecule has 1 N–H and O–H groups in total. The van der Waals surface area contributed by atoms with Gasteiger partial charge in [-0.15, -0.1) is 11.3 Å². The van der Waals surface area contributed by atoms with Crippen molar-refractivity contribution >= 4 is 21.6 Å². The van der Waals surface area contributed by atoms with E-state index in [4.69, 9.17) is 9.72 Å². The van der Waals surface area contributed by atoms with E-state index in [1.807, 2.05) is 13.8 Å². The fraction of sp³-hybridized carbons (Fsp3) is 0.542. The summed E-state index contributed by atoms with van der Waals surface area (Å²) in [5.41, 5.74) is 1.92. The second-order valence-electron chi connectivity index (χ2n) is 9.58. The van der Waals surface area contributed by atoms with Crippen molar-refractivity contribution in [3.63, 3.8) is 0 Å². The van der Waals surface area contributed by atoms with E-state index in [-0.39, 0.29) is 22.9 Å². The smallest absolute Gasteiger partial charge is 0.262 e. The molecule has 0 spiro atoms. The molecular weight excluding hydrogens is 410 g/mol. The van der Waals surface area contributed by atoms with E-state index in [2.05, 4.69) is 25.8 Å². The molecule has 0 saturated heterocycles. The summed E-state index contributed by atoms with van der Waals surface area (Å²) in [7, 11) is 0. The molecule has 1 atom stereocenters. The van der Waals surface area contributed by atoms with E-state index in [1.165, 1.54) is 16.5 Å². The molecule has 6 nitrogen and oxygen atoms in total. The zero-order valence-corrected chi connectivity index (χ0v) is 19.8. The first-order valence-corrected chi connectivity index (χ1v) is 11.9. The van der Waals surface area contributed by atoms with Gasteiger partial charge in [-0.2, -0.15) is 0 Å². The largest absolute Gasteiger partial charge is 0.488 e. The molecule has 7 heteroatoms. The summed E-state index contributed by atoms with van der Waals surface area (Å²) in [6, 6.07) is 1.51. The van der Waals surface area contributed by atoms with Gasteiger partial charge in [0.2, 0.25) is 5.43 Å².